The van der Waals surface area contributed by atoms with Crippen LogP contribution in [0.25, 0.3) is 0 Å². The Labute approximate surface area is 120 Å². The summed E-state index contributed by atoms with van der Waals surface area (Å²) in [5.41, 5.74) is 0.499. The molecule has 0 atom stereocenters. The van der Waals surface area contributed by atoms with Crippen LogP contribution in [0.15, 0.2) is 0 Å². The summed E-state index contributed by atoms with van der Waals surface area (Å²) in [7, 11) is 0. The molecular weight excluding hydrogens is 230 g/mol. The second-order valence-corrected chi connectivity index (χ2v) is 7.43. The van der Waals surface area contributed by atoms with E-state index >= 15 is 0 Å². The lowest BCUT2D eigenvalue weighted by Crippen LogP contribution is -2.30. The van der Waals surface area contributed by atoms with Crippen molar-refractivity contribution < 1.29 is 0 Å². The SMILES string of the molecule is CCCCCCCCCC1(C#N)CCC(C)(C)CC1. The van der Waals surface area contributed by atoms with Crippen molar-refractivity contribution >= 4 is 0 Å². The fourth-order valence-electron chi connectivity index (χ4n) is 3.24. The third-order valence-corrected chi connectivity index (χ3v) is 5.06. The lowest BCUT2D eigenvalue weighted by Gasteiger charge is -2.39. The minimum absolute atomic E-state index is 0.0267. The van der Waals surface area contributed by atoms with E-state index in [2.05, 4.69) is 26.8 Å². The fraction of sp³-hybridized carbons (Fsp3) is 0.944. The minimum atomic E-state index is 0.0267. The molecule has 1 nitrogen and oxygen atoms in total. The number of hydrogen-bond acceptors (Lipinski definition) is 1. The van der Waals surface area contributed by atoms with Crippen LogP contribution in [0.5, 0.6) is 0 Å². The third-order valence-electron chi connectivity index (χ3n) is 5.06. The molecule has 0 N–H and O–H groups in total. The normalized spacial score (nSPS) is 20.9. The van der Waals surface area contributed by atoms with Crippen molar-refractivity contribution in [1.82, 2.24) is 0 Å². The molecule has 0 amide bonds. The summed E-state index contributed by atoms with van der Waals surface area (Å²) in [6.45, 7) is 6.96. The number of nitriles is 1. The molecule has 0 aromatic heterocycles. The van der Waals surface area contributed by atoms with E-state index in [-0.39, 0.29) is 5.41 Å². The third kappa shape index (κ3) is 5.98. The molecule has 0 spiro atoms. The van der Waals surface area contributed by atoms with Crippen LogP contribution in [-0.2, 0) is 0 Å². The summed E-state index contributed by atoms with van der Waals surface area (Å²) in [5.74, 6) is 0. The maximum atomic E-state index is 9.53. The summed E-state index contributed by atoms with van der Waals surface area (Å²) in [4.78, 5) is 0. The average molecular weight is 263 g/mol. The van der Waals surface area contributed by atoms with Crippen LogP contribution in [0.4, 0.5) is 0 Å². The molecule has 0 radical (unpaired) electrons. The molecule has 0 bridgehead atoms. The van der Waals surface area contributed by atoms with Gasteiger partial charge in [-0.05, 0) is 37.5 Å². The Morgan fingerprint density at radius 2 is 1.37 bits per heavy atom. The molecule has 1 aliphatic rings. The number of nitrogens with zero attached hydrogens (tertiary/aromatic N) is 1. The van der Waals surface area contributed by atoms with E-state index in [0.717, 1.165) is 19.3 Å². The van der Waals surface area contributed by atoms with Crippen LogP contribution in [0.1, 0.15) is 97.8 Å². The second kappa shape index (κ2) is 7.93. The molecule has 0 aromatic rings. The van der Waals surface area contributed by atoms with Crippen molar-refractivity contribution in [2.75, 3.05) is 0 Å². The van der Waals surface area contributed by atoms with Gasteiger partial charge in [0.2, 0.25) is 0 Å². The Kier molecular flexibility index (Phi) is 6.90. The summed E-state index contributed by atoms with van der Waals surface area (Å²) >= 11 is 0. The van der Waals surface area contributed by atoms with E-state index in [4.69, 9.17) is 0 Å². The first-order valence-electron chi connectivity index (χ1n) is 8.45. The maximum Gasteiger partial charge on any atom is 0.0689 e. The second-order valence-electron chi connectivity index (χ2n) is 7.43. The average Bonchev–Trinajstić information content (AvgIpc) is 2.40. The predicted octanol–water partition coefficient (Wildman–Crippen LogP) is 6.24. The predicted molar refractivity (Wildman–Crippen MR) is 82.9 cm³/mol. The summed E-state index contributed by atoms with van der Waals surface area (Å²) in [6, 6.07) is 2.67. The van der Waals surface area contributed by atoms with Gasteiger partial charge in [-0.25, -0.2) is 0 Å². The van der Waals surface area contributed by atoms with Gasteiger partial charge in [0.15, 0.2) is 0 Å². The number of rotatable bonds is 8. The first kappa shape index (κ1) is 16.5. The Morgan fingerprint density at radius 1 is 0.842 bits per heavy atom. The molecule has 0 unspecified atom stereocenters. The molecule has 1 rings (SSSR count). The largest absolute Gasteiger partial charge is 0.198 e. The zero-order valence-electron chi connectivity index (χ0n) is 13.4. The van der Waals surface area contributed by atoms with Crippen LogP contribution in [0.2, 0.25) is 0 Å². The highest BCUT2D eigenvalue weighted by Crippen LogP contribution is 2.47. The first-order chi connectivity index (χ1) is 9.04. The Hall–Kier alpha value is -0.510. The lowest BCUT2D eigenvalue weighted by atomic mass is 9.64. The minimum Gasteiger partial charge on any atom is -0.198 e. The van der Waals surface area contributed by atoms with E-state index < -0.39 is 0 Å². The smallest absolute Gasteiger partial charge is 0.0689 e. The van der Waals surface area contributed by atoms with Gasteiger partial charge in [0.25, 0.3) is 0 Å². The Bertz CT molecular complexity index is 275. The fourth-order valence-corrected chi connectivity index (χ4v) is 3.24. The molecule has 1 aliphatic carbocycles. The summed E-state index contributed by atoms with van der Waals surface area (Å²) in [6.07, 6.45) is 15.3. The van der Waals surface area contributed by atoms with Gasteiger partial charge >= 0.3 is 0 Å². The molecule has 19 heavy (non-hydrogen) atoms. The molecule has 1 saturated carbocycles. The molecule has 0 heterocycles. The Balaban J connectivity index is 2.18. The quantitative estimate of drug-likeness (QED) is 0.476. The maximum absolute atomic E-state index is 9.53. The van der Waals surface area contributed by atoms with E-state index in [9.17, 15) is 5.26 Å². The van der Waals surface area contributed by atoms with Gasteiger partial charge in [-0.15, -0.1) is 0 Å². The molecular formula is C18H33N. The van der Waals surface area contributed by atoms with Gasteiger partial charge in [0.1, 0.15) is 0 Å². The lowest BCUT2D eigenvalue weighted by molar-refractivity contribution is 0.135. The molecule has 0 aliphatic heterocycles. The van der Waals surface area contributed by atoms with E-state index in [1.165, 1.54) is 57.8 Å². The summed E-state index contributed by atoms with van der Waals surface area (Å²) in [5, 5.41) is 9.53. The van der Waals surface area contributed by atoms with E-state index in [0.29, 0.717) is 5.41 Å². The molecule has 1 heteroatoms. The van der Waals surface area contributed by atoms with Crippen LogP contribution >= 0.6 is 0 Å². The van der Waals surface area contributed by atoms with Crippen molar-refractivity contribution in [3.05, 3.63) is 0 Å². The van der Waals surface area contributed by atoms with Gasteiger partial charge in [0.05, 0.1) is 11.5 Å². The van der Waals surface area contributed by atoms with Crippen molar-refractivity contribution in [1.29, 1.82) is 5.26 Å². The van der Waals surface area contributed by atoms with Gasteiger partial charge in [0, 0.05) is 0 Å². The number of unbranched alkanes of at least 4 members (excludes halogenated alkanes) is 6. The van der Waals surface area contributed by atoms with Crippen LogP contribution in [0, 0.1) is 22.2 Å². The Morgan fingerprint density at radius 3 is 1.89 bits per heavy atom. The van der Waals surface area contributed by atoms with Gasteiger partial charge in [-0.2, -0.15) is 5.26 Å². The topological polar surface area (TPSA) is 23.8 Å². The van der Waals surface area contributed by atoms with Crippen molar-refractivity contribution in [2.45, 2.75) is 97.8 Å². The zero-order chi connectivity index (χ0) is 14.2. The van der Waals surface area contributed by atoms with E-state index in [1.807, 2.05) is 0 Å². The highest BCUT2D eigenvalue weighted by molar-refractivity contribution is 5.02. The highest BCUT2D eigenvalue weighted by atomic mass is 14.4. The van der Waals surface area contributed by atoms with Crippen LogP contribution in [-0.4, -0.2) is 0 Å². The molecule has 110 valence electrons. The van der Waals surface area contributed by atoms with Gasteiger partial charge in [-0.3, -0.25) is 0 Å². The molecule has 0 aromatic carbocycles. The standard InChI is InChI=1S/C18H33N/c1-4-5-6-7-8-9-10-11-18(16-19)14-12-17(2,3)13-15-18/h4-15H2,1-3H3. The highest BCUT2D eigenvalue weighted by Gasteiger charge is 2.37. The van der Waals surface area contributed by atoms with Crippen LogP contribution < -0.4 is 0 Å². The number of hydrogen-bond donors (Lipinski definition) is 0. The molecule has 0 saturated heterocycles. The molecule has 1 fully saturated rings. The first-order valence-corrected chi connectivity index (χ1v) is 8.45. The van der Waals surface area contributed by atoms with Crippen molar-refractivity contribution in [3.63, 3.8) is 0 Å². The van der Waals surface area contributed by atoms with Gasteiger partial charge < -0.3 is 0 Å². The zero-order valence-corrected chi connectivity index (χ0v) is 13.4. The summed E-state index contributed by atoms with van der Waals surface area (Å²) < 4.78 is 0. The van der Waals surface area contributed by atoms with Crippen LogP contribution in [0.3, 0.4) is 0 Å². The monoisotopic (exact) mass is 263 g/mol. The van der Waals surface area contributed by atoms with E-state index in [1.54, 1.807) is 0 Å². The van der Waals surface area contributed by atoms with Crippen molar-refractivity contribution in [2.24, 2.45) is 10.8 Å². The van der Waals surface area contributed by atoms with Crippen molar-refractivity contribution in [3.8, 4) is 6.07 Å². The van der Waals surface area contributed by atoms with Gasteiger partial charge in [-0.1, -0.05) is 65.7 Å².